The number of carbonyl (C=O) groups is 9. The highest BCUT2D eigenvalue weighted by Gasteiger charge is 2.55. The normalized spacial score (nSPS) is 44.2. The first kappa shape index (κ1) is 76.6. The van der Waals surface area contributed by atoms with Crippen LogP contribution in [0.2, 0.25) is 0 Å². The molecule has 3 N–H and O–H groups in total. The number of aliphatic hydroxyl groups excluding tert-OH is 3. The Morgan fingerprint density at radius 3 is 1.09 bits per heavy atom. The Hall–Kier alpha value is -5.16. The van der Waals surface area contributed by atoms with E-state index < -0.39 is 18.5 Å². The Kier molecular flexibility index (Phi) is 27.0. The molecule has 20 nitrogen and oxygen atoms in total. The topological polar surface area (TPSA) is 288 Å². The summed E-state index contributed by atoms with van der Waals surface area (Å²) in [6, 6.07) is 0. The highest BCUT2D eigenvalue weighted by atomic mass is 19.1. The molecule has 8 heterocycles. The zero-order valence-electron chi connectivity index (χ0n) is 56.7. The van der Waals surface area contributed by atoms with Gasteiger partial charge in [-0.05, 0) is 73.0 Å². The van der Waals surface area contributed by atoms with Crippen molar-refractivity contribution in [1.29, 1.82) is 0 Å². The molecule has 96 heavy (non-hydrogen) atoms. The van der Waals surface area contributed by atoms with E-state index in [9.17, 15) is 61.4 Å². The van der Waals surface area contributed by atoms with Crippen LogP contribution >= 0.6 is 0 Å². The average Bonchev–Trinajstić information content (AvgIpc) is 1.73. The smallest absolute Gasteiger partial charge is 0.306 e. The molecule has 0 bridgehead atoms. The maximum Gasteiger partial charge on any atom is 0.306 e. The van der Waals surface area contributed by atoms with Crippen LogP contribution in [0, 0.1) is 107 Å². The number of aldehydes is 1. The van der Waals surface area contributed by atoms with Gasteiger partial charge in [-0.25, -0.2) is 13.2 Å². The van der Waals surface area contributed by atoms with Crippen LogP contribution in [0.1, 0.15) is 198 Å². The fourth-order valence-corrected chi connectivity index (χ4v) is 19.7. The van der Waals surface area contributed by atoms with Gasteiger partial charge in [0.05, 0.1) is 57.5 Å². The van der Waals surface area contributed by atoms with Gasteiger partial charge in [0.2, 0.25) is 0 Å². The zero-order valence-corrected chi connectivity index (χ0v) is 56.7. The molecule has 7 saturated carbocycles. The third-order valence-corrected chi connectivity index (χ3v) is 24.7. The van der Waals surface area contributed by atoms with Crippen molar-refractivity contribution in [3.8, 4) is 0 Å². The number of aliphatic hydroxyl groups is 3. The summed E-state index contributed by atoms with van der Waals surface area (Å²) in [5.74, 6) is 3.79. The minimum absolute atomic E-state index is 0. The summed E-state index contributed by atoms with van der Waals surface area (Å²) in [7, 11) is 0. The lowest BCUT2D eigenvalue weighted by atomic mass is 9.87. The molecule has 23 heteroatoms. The van der Waals surface area contributed by atoms with Crippen LogP contribution in [0.4, 0.5) is 13.2 Å². The van der Waals surface area contributed by atoms with Crippen molar-refractivity contribution < 1.29 is 110 Å². The highest BCUT2D eigenvalue weighted by Crippen LogP contribution is 2.50. The molecule has 30 atom stereocenters. The maximum absolute atomic E-state index is 13.2. The Labute approximate surface area is 564 Å². The lowest BCUT2D eigenvalue weighted by molar-refractivity contribution is -0.142. The predicted octanol–water partition coefficient (Wildman–Crippen LogP) is 9.97. The summed E-state index contributed by atoms with van der Waals surface area (Å²) in [6.45, 7) is 16.8. The van der Waals surface area contributed by atoms with Gasteiger partial charge in [0.1, 0.15) is 73.6 Å². The summed E-state index contributed by atoms with van der Waals surface area (Å²) >= 11 is 0. The molecule has 16 aliphatic rings. The quantitative estimate of drug-likeness (QED) is 0.0881. The summed E-state index contributed by atoms with van der Waals surface area (Å²) in [5.41, 5.74) is 1.42. The fourth-order valence-electron chi connectivity index (χ4n) is 19.7. The maximum atomic E-state index is 13.2. The third kappa shape index (κ3) is 17.2. The highest BCUT2D eigenvalue weighted by molar-refractivity contribution is 5.76. The number of fused-ring (bicyclic) bond motifs is 8. The molecule has 542 valence electrons. The molecular weight excluding hydrogens is 1250 g/mol. The Balaban J connectivity index is 0.000000140. The van der Waals surface area contributed by atoms with Crippen molar-refractivity contribution in [2.75, 3.05) is 13.2 Å². The number of esters is 8. The molecule has 16 rings (SSSR count). The third-order valence-electron chi connectivity index (χ3n) is 24.7. The summed E-state index contributed by atoms with van der Waals surface area (Å²) in [6.07, 6.45) is 14.9. The van der Waals surface area contributed by atoms with E-state index in [1.54, 1.807) is 0 Å². The number of halogens is 3. The van der Waals surface area contributed by atoms with Gasteiger partial charge in [-0.3, -0.25) is 38.4 Å². The summed E-state index contributed by atoms with van der Waals surface area (Å²) < 4.78 is 80.2. The van der Waals surface area contributed by atoms with E-state index >= 15 is 0 Å². The Morgan fingerprint density at radius 1 is 0.396 bits per heavy atom. The van der Waals surface area contributed by atoms with Crippen molar-refractivity contribution in [3.63, 3.8) is 0 Å². The van der Waals surface area contributed by atoms with Crippen molar-refractivity contribution in [2.45, 2.75) is 271 Å². The van der Waals surface area contributed by atoms with Crippen molar-refractivity contribution in [3.05, 3.63) is 11.6 Å². The lowest BCUT2D eigenvalue weighted by Gasteiger charge is -2.16. The zero-order chi connectivity index (χ0) is 68.9. The molecule has 0 amide bonds. The molecule has 8 saturated heterocycles. The second kappa shape index (κ2) is 33.8. The molecule has 0 spiro atoms. The standard InChI is InChI=1S/C10H16O2.2C9H13FO2.C9H14O3.C9H12O3.C9H14O3.C9H12O2.C8H11FO3.CH4/c1-3-7-6(2)4-9-8(7)5-10(11)12-9;2*1-2-5-6-3-9(11)12-8(6)4-7(5)10;2*1-5-2-8-6(7(5)4-10)3-9(11)12-8;1-2-5-6-3-9(11)12-8(6)4-7(5)10;1-2-6-3-4-8-7(6)5-9(10)11-8;9-6-2-7-4(5(6)3-10)1-8(11)12-7;/h6-9H,3-5H2,1-2H3;2*5-8H,2-4H2,1H3;5-8,10H,2-4H2,1H3;4-8H,2-3H2,1H3;5-8,10H,2-4H2,1H3;3,7-8H,2,4-5H2,1H3;4-7,10H,1-3H2;1H4/t6-,7+,8-,9+;3*5-,6-,7+,8+;5-,6-,7?,8?;5-,6-,7-,8+;7-,8+;4-,5-,6+,7+;/m11111111./s1. The van der Waals surface area contributed by atoms with Crippen LogP contribution in [-0.4, -0.2) is 156 Å². The number of ether oxygens (including phenoxy) is 8. The molecule has 2 unspecified atom stereocenters. The molecule has 8 aliphatic heterocycles. The van der Waals surface area contributed by atoms with Crippen molar-refractivity contribution >= 4 is 54.0 Å². The molecule has 0 aromatic rings. The molecule has 0 radical (unpaired) electrons. The molecule has 0 aromatic carbocycles. The number of hydrogen-bond acceptors (Lipinski definition) is 20. The van der Waals surface area contributed by atoms with E-state index in [4.69, 9.17) is 48.1 Å². The summed E-state index contributed by atoms with van der Waals surface area (Å²) in [4.78, 5) is 97.9. The summed E-state index contributed by atoms with van der Waals surface area (Å²) in [5, 5.41) is 27.6. The second-order valence-corrected chi connectivity index (χ2v) is 29.9. The van der Waals surface area contributed by atoms with E-state index in [1.165, 1.54) is 12.0 Å². The van der Waals surface area contributed by atoms with Gasteiger partial charge in [0.15, 0.2) is 0 Å². The first-order valence-corrected chi connectivity index (χ1v) is 35.9. The molecule has 8 aliphatic carbocycles. The Bertz CT molecular complexity index is 2400. The van der Waals surface area contributed by atoms with Crippen LogP contribution < -0.4 is 0 Å². The first-order valence-electron chi connectivity index (χ1n) is 35.9. The van der Waals surface area contributed by atoms with Crippen LogP contribution in [0.3, 0.4) is 0 Å². The first-order chi connectivity index (χ1) is 45.3. The SMILES string of the molecule is C.CCC1=CC[C@@H]2OC(=O)C[C@H]12.CC[C@@H]1[C@H]2CC(=O)O[C@H]2C[C@@H]1F.CC[C@@H]1[C@H]2CC(=O)O[C@H]2C[C@@H]1F.CC[C@@H]1[C@H]2CC(=O)O[C@H]2C[C@H]1C.CC[C@@H]1[C@H]2CC(=O)O[C@H]2C[C@H]1O.C[C@@H]1CC2OC(=O)C[C@@H]2C1C=O.C[C@@H]1C[C@@H]2OC(=O)C[C@@H]2[C@H]1CO.O=C1C[C@@H]2[C@@H](CO)[C@@H](F)C[C@@H]2O1. The minimum Gasteiger partial charge on any atom is -0.462 e. The van der Waals surface area contributed by atoms with Gasteiger partial charge in [-0.1, -0.05) is 100 Å². The minimum atomic E-state index is -1.00. The van der Waals surface area contributed by atoms with Crippen LogP contribution in [0.15, 0.2) is 11.6 Å². The van der Waals surface area contributed by atoms with Gasteiger partial charge < -0.3 is 58.0 Å². The average molecular weight is 1360 g/mol. The molecule has 15 fully saturated rings. The van der Waals surface area contributed by atoms with Gasteiger partial charge in [-0.15, -0.1) is 0 Å². The van der Waals surface area contributed by atoms with E-state index in [-0.39, 0.29) is 207 Å². The predicted molar refractivity (Wildman–Crippen MR) is 340 cm³/mol. The van der Waals surface area contributed by atoms with Gasteiger partial charge in [-0.2, -0.15) is 0 Å². The lowest BCUT2D eigenvalue weighted by Crippen LogP contribution is -2.21. The van der Waals surface area contributed by atoms with Crippen LogP contribution in [-0.2, 0) is 81.0 Å². The van der Waals surface area contributed by atoms with E-state index in [0.717, 1.165) is 69.5 Å². The monoisotopic (exact) mass is 1360 g/mol. The Morgan fingerprint density at radius 2 is 0.698 bits per heavy atom. The van der Waals surface area contributed by atoms with Crippen LogP contribution in [0.5, 0.6) is 0 Å². The number of alkyl halides is 3. The van der Waals surface area contributed by atoms with E-state index in [0.29, 0.717) is 87.9 Å². The molecule has 0 aromatic heterocycles. The van der Waals surface area contributed by atoms with Gasteiger partial charge in [0, 0.05) is 104 Å². The van der Waals surface area contributed by atoms with Crippen molar-refractivity contribution in [1.82, 2.24) is 0 Å². The van der Waals surface area contributed by atoms with E-state index in [2.05, 4.69) is 40.7 Å². The number of carbonyl (C=O) groups excluding carboxylic acids is 9. The largest absolute Gasteiger partial charge is 0.462 e. The van der Waals surface area contributed by atoms with Gasteiger partial charge in [0.25, 0.3) is 0 Å². The number of hydrogen-bond donors (Lipinski definition) is 3. The molecular formula is C73H109F3O20. The van der Waals surface area contributed by atoms with Crippen molar-refractivity contribution in [2.24, 2.45) is 107 Å². The number of rotatable bonds is 8. The van der Waals surface area contributed by atoms with Gasteiger partial charge >= 0.3 is 47.8 Å². The fraction of sp³-hybridized carbons (Fsp3) is 0.849. The van der Waals surface area contributed by atoms with E-state index in [1.807, 2.05) is 20.8 Å². The van der Waals surface area contributed by atoms with Crippen LogP contribution in [0.25, 0.3) is 0 Å². The second-order valence-electron chi connectivity index (χ2n) is 29.9.